The average Bonchev–Trinajstić information content (AvgIpc) is 2.93. The molecule has 9 heteroatoms. The van der Waals surface area contributed by atoms with Crippen LogP contribution in [-0.2, 0) is 16.1 Å². The monoisotopic (exact) mass is 303 g/mol. The van der Waals surface area contributed by atoms with Crippen LogP contribution in [0.25, 0.3) is 0 Å². The lowest BCUT2D eigenvalue weighted by molar-refractivity contribution is -0.304. The van der Waals surface area contributed by atoms with Crippen LogP contribution in [0.3, 0.4) is 0 Å². The zero-order valence-corrected chi connectivity index (χ0v) is 11.9. The van der Waals surface area contributed by atoms with Gasteiger partial charge in [0.2, 0.25) is 0 Å². The van der Waals surface area contributed by atoms with E-state index in [1.54, 1.807) is 10.9 Å². The Labute approximate surface area is 121 Å². The molecule has 4 N–H and O–H groups in total. The van der Waals surface area contributed by atoms with E-state index in [4.69, 9.17) is 14.6 Å². The topological polar surface area (TPSA) is 130 Å². The molecule has 1 fully saturated rings. The molecule has 0 aromatic carbocycles. The molecule has 0 aliphatic carbocycles. The predicted molar refractivity (Wildman–Crippen MR) is 69.0 cm³/mol. The third-order valence-corrected chi connectivity index (χ3v) is 3.33. The van der Waals surface area contributed by atoms with Crippen LogP contribution in [0, 0.1) is 0 Å². The molecule has 1 aromatic heterocycles. The van der Waals surface area contributed by atoms with Gasteiger partial charge >= 0.3 is 0 Å². The first-order valence-corrected chi connectivity index (χ1v) is 6.77. The number of ether oxygens (including phenoxy) is 2. The standard InChI is InChI=1S/C12H21N3O6/c1-6(2)15-3-7(13-14-15)5-20-12-11(19)10(18)9(17)8(4-16)21-12/h3,6,8-12,16-19H,4-5H2,1-2H3/t8-,9+,10+,11-,12-/m1/s1. The molecule has 120 valence electrons. The maximum Gasteiger partial charge on any atom is 0.187 e. The van der Waals surface area contributed by atoms with Crippen molar-refractivity contribution in [1.29, 1.82) is 0 Å². The van der Waals surface area contributed by atoms with Gasteiger partial charge in [-0.3, -0.25) is 0 Å². The number of nitrogens with zero attached hydrogens (tertiary/aromatic N) is 3. The molecule has 1 aromatic rings. The first-order chi connectivity index (χ1) is 9.93. The summed E-state index contributed by atoms with van der Waals surface area (Å²) in [6.07, 6.45) is -4.71. The summed E-state index contributed by atoms with van der Waals surface area (Å²) in [5.74, 6) is 0. The van der Waals surface area contributed by atoms with Gasteiger partial charge in [0.05, 0.1) is 19.4 Å². The number of hydrogen-bond donors (Lipinski definition) is 4. The molecule has 0 saturated carbocycles. The third kappa shape index (κ3) is 3.57. The minimum absolute atomic E-state index is 0.0232. The van der Waals surface area contributed by atoms with E-state index in [0.29, 0.717) is 5.69 Å². The molecule has 0 unspecified atom stereocenters. The van der Waals surface area contributed by atoms with E-state index in [0.717, 1.165) is 0 Å². The second-order valence-corrected chi connectivity index (χ2v) is 5.29. The molecule has 0 radical (unpaired) electrons. The molecule has 21 heavy (non-hydrogen) atoms. The van der Waals surface area contributed by atoms with Gasteiger partial charge in [0, 0.05) is 6.04 Å². The molecule has 0 spiro atoms. The molecule has 0 bridgehead atoms. The summed E-state index contributed by atoms with van der Waals surface area (Å²) in [6.45, 7) is 3.44. The second-order valence-electron chi connectivity index (χ2n) is 5.29. The summed E-state index contributed by atoms with van der Waals surface area (Å²) in [5.41, 5.74) is 0.542. The fraction of sp³-hybridized carbons (Fsp3) is 0.833. The Morgan fingerprint density at radius 2 is 2.00 bits per heavy atom. The van der Waals surface area contributed by atoms with E-state index in [1.165, 1.54) is 0 Å². The average molecular weight is 303 g/mol. The lowest BCUT2D eigenvalue weighted by Crippen LogP contribution is -2.59. The number of aromatic nitrogens is 3. The number of hydrogen-bond acceptors (Lipinski definition) is 8. The molecular formula is C12H21N3O6. The summed E-state index contributed by atoms with van der Waals surface area (Å²) in [4.78, 5) is 0. The summed E-state index contributed by atoms with van der Waals surface area (Å²) in [6, 6.07) is 0.165. The fourth-order valence-electron chi connectivity index (χ4n) is 2.00. The molecule has 2 heterocycles. The third-order valence-electron chi connectivity index (χ3n) is 3.33. The highest BCUT2D eigenvalue weighted by Crippen LogP contribution is 2.22. The molecule has 1 aliphatic heterocycles. The number of rotatable bonds is 5. The van der Waals surface area contributed by atoms with Crippen LogP contribution in [-0.4, -0.2) is 72.7 Å². The van der Waals surface area contributed by atoms with Gasteiger partial charge in [0.15, 0.2) is 6.29 Å². The lowest BCUT2D eigenvalue weighted by Gasteiger charge is -2.39. The van der Waals surface area contributed by atoms with Gasteiger partial charge in [-0.15, -0.1) is 5.10 Å². The SMILES string of the molecule is CC(C)n1cc(CO[C@@H]2O[C@H](CO)[C@H](O)[C@H](O)[C@H]2O)nn1. The van der Waals surface area contributed by atoms with E-state index < -0.39 is 37.3 Å². The van der Waals surface area contributed by atoms with Crippen molar-refractivity contribution in [1.82, 2.24) is 15.0 Å². The van der Waals surface area contributed by atoms with E-state index in [2.05, 4.69) is 10.3 Å². The summed E-state index contributed by atoms with van der Waals surface area (Å²) in [7, 11) is 0. The van der Waals surface area contributed by atoms with Crippen LogP contribution in [0.5, 0.6) is 0 Å². The van der Waals surface area contributed by atoms with Crippen molar-refractivity contribution in [3.8, 4) is 0 Å². The fourth-order valence-corrected chi connectivity index (χ4v) is 2.00. The van der Waals surface area contributed by atoms with Crippen molar-refractivity contribution in [2.24, 2.45) is 0 Å². The Bertz CT molecular complexity index is 452. The van der Waals surface area contributed by atoms with E-state index >= 15 is 0 Å². The van der Waals surface area contributed by atoms with E-state index in [1.807, 2.05) is 13.8 Å². The van der Waals surface area contributed by atoms with Gasteiger partial charge in [-0.1, -0.05) is 5.21 Å². The molecule has 1 aliphatic rings. The maximum atomic E-state index is 9.81. The summed E-state index contributed by atoms with van der Waals surface area (Å²) >= 11 is 0. The molecule has 0 amide bonds. The van der Waals surface area contributed by atoms with Crippen LogP contribution in [0.15, 0.2) is 6.20 Å². The Morgan fingerprint density at radius 3 is 2.57 bits per heavy atom. The van der Waals surface area contributed by atoms with Crippen LogP contribution < -0.4 is 0 Å². The van der Waals surface area contributed by atoms with Crippen molar-refractivity contribution in [3.05, 3.63) is 11.9 Å². The highest BCUT2D eigenvalue weighted by Gasteiger charge is 2.44. The minimum Gasteiger partial charge on any atom is -0.394 e. The zero-order chi connectivity index (χ0) is 15.6. The first-order valence-electron chi connectivity index (χ1n) is 6.77. The summed E-state index contributed by atoms with van der Waals surface area (Å²) < 4.78 is 12.2. The van der Waals surface area contributed by atoms with Gasteiger partial charge in [-0.2, -0.15) is 0 Å². The number of aliphatic hydroxyl groups is 4. The Morgan fingerprint density at radius 1 is 1.29 bits per heavy atom. The first kappa shape index (κ1) is 16.3. The minimum atomic E-state index is -1.45. The highest BCUT2D eigenvalue weighted by molar-refractivity contribution is 4.92. The van der Waals surface area contributed by atoms with E-state index in [-0.39, 0.29) is 12.6 Å². The molecule has 1 saturated heterocycles. The van der Waals surface area contributed by atoms with Gasteiger partial charge in [-0.25, -0.2) is 4.68 Å². The molecule has 9 nitrogen and oxygen atoms in total. The van der Waals surface area contributed by atoms with Gasteiger partial charge in [-0.05, 0) is 13.8 Å². The quantitative estimate of drug-likeness (QED) is 0.500. The highest BCUT2D eigenvalue weighted by atomic mass is 16.7. The lowest BCUT2D eigenvalue weighted by atomic mass is 9.99. The van der Waals surface area contributed by atoms with Crippen molar-refractivity contribution in [2.45, 2.75) is 57.2 Å². The number of aliphatic hydroxyl groups excluding tert-OH is 4. The Balaban J connectivity index is 1.94. The predicted octanol–water partition coefficient (Wildman–Crippen LogP) is -1.82. The van der Waals surface area contributed by atoms with Gasteiger partial charge < -0.3 is 29.9 Å². The van der Waals surface area contributed by atoms with Crippen molar-refractivity contribution < 1.29 is 29.9 Å². The molecule has 5 atom stereocenters. The van der Waals surface area contributed by atoms with Crippen LogP contribution in [0.2, 0.25) is 0 Å². The van der Waals surface area contributed by atoms with E-state index in [9.17, 15) is 15.3 Å². The van der Waals surface area contributed by atoms with Crippen LogP contribution >= 0.6 is 0 Å². The largest absolute Gasteiger partial charge is 0.394 e. The smallest absolute Gasteiger partial charge is 0.187 e. The van der Waals surface area contributed by atoms with Crippen molar-refractivity contribution >= 4 is 0 Å². The Hall–Kier alpha value is -1.10. The van der Waals surface area contributed by atoms with Crippen molar-refractivity contribution in [2.75, 3.05) is 6.61 Å². The Kier molecular flexibility index (Phi) is 5.25. The molecular weight excluding hydrogens is 282 g/mol. The van der Waals surface area contributed by atoms with Crippen LogP contribution in [0.1, 0.15) is 25.6 Å². The normalized spacial score (nSPS) is 33.6. The zero-order valence-electron chi connectivity index (χ0n) is 11.9. The summed E-state index contributed by atoms with van der Waals surface area (Å²) in [5, 5.41) is 46.0. The van der Waals surface area contributed by atoms with Crippen molar-refractivity contribution in [3.63, 3.8) is 0 Å². The maximum absolute atomic E-state index is 9.81. The molecule has 2 rings (SSSR count). The van der Waals surface area contributed by atoms with Gasteiger partial charge in [0.1, 0.15) is 30.1 Å². The van der Waals surface area contributed by atoms with Crippen LogP contribution in [0.4, 0.5) is 0 Å². The second kappa shape index (κ2) is 6.77. The van der Waals surface area contributed by atoms with Gasteiger partial charge in [0.25, 0.3) is 0 Å².